The van der Waals surface area contributed by atoms with Crippen molar-refractivity contribution in [3.05, 3.63) is 39.9 Å². The maximum absolute atomic E-state index is 12.7. The smallest absolute Gasteiger partial charge is 0.447 e. The predicted octanol–water partition coefficient (Wildman–Crippen LogP) is 2.14. The Labute approximate surface area is 170 Å². The molecule has 0 spiro atoms. The third kappa shape index (κ3) is 3.20. The van der Waals surface area contributed by atoms with E-state index in [0.29, 0.717) is 27.7 Å². The molecule has 0 bridgehead atoms. The highest BCUT2D eigenvalue weighted by Gasteiger charge is 2.47. The molecule has 0 aliphatic carbocycles. The summed E-state index contributed by atoms with van der Waals surface area (Å²) in [6.45, 7) is 1.78. The van der Waals surface area contributed by atoms with E-state index in [0.717, 1.165) is 11.8 Å². The summed E-state index contributed by atoms with van der Waals surface area (Å²) in [7, 11) is -2.91. The van der Waals surface area contributed by atoms with Gasteiger partial charge in [-0.15, -0.1) is 8.42 Å². The summed E-state index contributed by atoms with van der Waals surface area (Å²) in [6, 6.07) is 5.23. The van der Waals surface area contributed by atoms with Crippen molar-refractivity contribution in [2.45, 2.75) is 6.92 Å². The van der Waals surface area contributed by atoms with Gasteiger partial charge in [-0.25, -0.2) is 0 Å². The number of quaternary nitrogens is 1. The van der Waals surface area contributed by atoms with Crippen LogP contribution in [0.3, 0.4) is 0 Å². The molecule has 1 unspecified atom stereocenters. The highest BCUT2D eigenvalue weighted by atomic mass is 35.5. The van der Waals surface area contributed by atoms with Gasteiger partial charge in [0.15, 0.2) is 16.7 Å². The first-order chi connectivity index (χ1) is 13.2. The molecule has 1 fully saturated rings. The standard InChI is InChI=1S/C16H13ClN4O5S2/c1-9-5-14(17)21(2,19-9)28(23,24)20-16-18-15(22)13(27-16)7-10-3-4-11-12(6-10)26-8-25-11/h3-7H,8H2,1-2H3/p+1. The van der Waals surface area contributed by atoms with Crippen LogP contribution in [-0.4, -0.2) is 43.0 Å². The van der Waals surface area contributed by atoms with Crippen molar-refractivity contribution in [2.75, 3.05) is 13.8 Å². The fraction of sp³-hybridized carbons (Fsp3) is 0.188. The lowest BCUT2D eigenvalue weighted by molar-refractivity contribution is -0.739. The molecule has 0 saturated carbocycles. The number of hydrogen-bond donors (Lipinski definition) is 1. The van der Waals surface area contributed by atoms with Gasteiger partial charge in [-0.05, 0) is 58.1 Å². The average molecular weight is 442 g/mol. The van der Waals surface area contributed by atoms with E-state index in [1.165, 1.54) is 13.1 Å². The van der Waals surface area contributed by atoms with Crippen LogP contribution < -0.4 is 14.8 Å². The molecule has 1 aromatic carbocycles. The molecule has 3 heterocycles. The molecule has 28 heavy (non-hydrogen) atoms. The Bertz CT molecular complexity index is 1130. The van der Waals surface area contributed by atoms with Crippen molar-refractivity contribution in [2.24, 2.45) is 9.50 Å². The van der Waals surface area contributed by atoms with Crippen molar-refractivity contribution >= 4 is 56.4 Å². The molecule has 1 aromatic rings. The second kappa shape index (κ2) is 6.62. The van der Waals surface area contributed by atoms with Crippen LogP contribution in [0.2, 0.25) is 0 Å². The molecule has 3 aliphatic heterocycles. The van der Waals surface area contributed by atoms with Crippen molar-refractivity contribution < 1.29 is 26.7 Å². The molecule has 1 N–H and O–H groups in total. The number of rotatable bonds is 3. The number of amides is 1. The minimum absolute atomic E-state index is 0.00713. The van der Waals surface area contributed by atoms with Crippen LogP contribution in [0.25, 0.3) is 6.08 Å². The van der Waals surface area contributed by atoms with Crippen molar-refractivity contribution in [3.8, 4) is 11.5 Å². The highest BCUT2D eigenvalue weighted by molar-refractivity contribution is 8.19. The van der Waals surface area contributed by atoms with Gasteiger partial charge in [-0.1, -0.05) is 15.6 Å². The largest absolute Gasteiger partial charge is 0.454 e. The van der Waals surface area contributed by atoms with E-state index < -0.39 is 20.1 Å². The summed E-state index contributed by atoms with van der Waals surface area (Å²) < 4.78 is 38.8. The zero-order valence-electron chi connectivity index (χ0n) is 14.7. The van der Waals surface area contributed by atoms with E-state index in [4.69, 9.17) is 21.1 Å². The molecule has 0 aromatic heterocycles. The summed E-state index contributed by atoms with van der Waals surface area (Å²) in [5.74, 6) is 0.750. The van der Waals surface area contributed by atoms with Gasteiger partial charge in [0, 0.05) is 6.08 Å². The lowest BCUT2D eigenvalue weighted by atomic mass is 10.2. The third-order valence-corrected chi connectivity index (χ3v) is 7.22. The van der Waals surface area contributed by atoms with Gasteiger partial charge in [0.25, 0.3) is 5.91 Å². The predicted molar refractivity (Wildman–Crippen MR) is 106 cm³/mol. The molecule has 1 amide bonds. The number of carbonyl (C=O) groups excluding carboxylic acids is 1. The van der Waals surface area contributed by atoms with Crippen molar-refractivity contribution in [1.29, 1.82) is 0 Å². The van der Waals surface area contributed by atoms with Gasteiger partial charge in [0.1, 0.15) is 12.8 Å². The molecule has 146 valence electrons. The topological polar surface area (TPSA) is 106 Å². The van der Waals surface area contributed by atoms with E-state index in [1.807, 2.05) is 0 Å². The average Bonchev–Trinajstić information content (AvgIpc) is 3.26. The number of ether oxygens (including phenoxy) is 2. The van der Waals surface area contributed by atoms with Gasteiger partial charge in [0.2, 0.25) is 11.9 Å². The number of fused-ring (bicyclic) bond motifs is 1. The second-order valence-corrected chi connectivity index (χ2v) is 9.32. The Morgan fingerprint density at radius 3 is 2.82 bits per heavy atom. The first-order valence-electron chi connectivity index (χ1n) is 7.95. The number of allylic oxidation sites excluding steroid dienone is 1. The van der Waals surface area contributed by atoms with Gasteiger partial charge in [-0.2, -0.15) is 0 Å². The molecular weight excluding hydrogens is 428 g/mol. The Balaban J connectivity index is 1.60. The number of carbonyl (C=O) groups is 1. The van der Waals surface area contributed by atoms with Crippen LogP contribution in [0.5, 0.6) is 11.5 Å². The zero-order valence-corrected chi connectivity index (χ0v) is 17.1. The van der Waals surface area contributed by atoms with E-state index in [1.54, 1.807) is 31.2 Å². The number of nitrogens with zero attached hydrogens (tertiary/aromatic N) is 3. The number of benzene rings is 1. The molecule has 4 rings (SSSR count). The molecule has 9 nitrogen and oxygen atoms in total. The lowest BCUT2D eigenvalue weighted by Gasteiger charge is -2.18. The molecule has 1 saturated heterocycles. The summed E-state index contributed by atoms with van der Waals surface area (Å²) in [5.41, 5.74) is 1.17. The number of thioether (sulfide) groups is 1. The lowest BCUT2D eigenvalue weighted by Crippen LogP contribution is -2.40. The third-order valence-electron chi connectivity index (χ3n) is 4.07. The molecular formula is C16H14ClN4O5S2+. The van der Waals surface area contributed by atoms with E-state index in [-0.39, 0.29) is 17.1 Å². The summed E-state index contributed by atoms with van der Waals surface area (Å²) in [6.07, 6.45) is 3.06. The van der Waals surface area contributed by atoms with Crippen LogP contribution in [-0.2, 0) is 15.0 Å². The Hall–Kier alpha value is -2.34. The SMILES string of the molecule is CC1=N[N+](C)(S(=O)(=O)N=C2NC(=O)C(=Cc3ccc4c(c3)OCO4)S2)C(Cl)=C1. The number of nitrogens with one attached hydrogen (secondary N) is 1. The first kappa shape index (κ1) is 19.0. The van der Waals surface area contributed by atoms with Gasteiger partial charge < -0.3 is 9.47 Å². The van der Waals surface area contributed by atoms with Gasteiger partial charge >= 0.3 is 10.2 Å². The Kier molecular flexibility index (Phi) is 4.49. The van der Waals surface area contributed by atoms with Crippen LogP contribution in [0.4, 0.5) is 0 Å². The molecule has 0 radical (unpaired) electrons. The van der Waals surface area contributed by atoms with E-state index in [9.17, 15) is 13.2 Å². The van der Waals surface area contributed by atoms with Crippen molar-refractivity contribution in [1.82, 2.24) is 5.32 Å². The second-order valence-electron chi connectivity index (χ2n) is 6.11. The minimum atomic E-state index is -4.21. The quantitative estimate of drug-likeness (QED) is 0.437. The number of hydrogen-bond acceptors (Lipinski definition) is 7. The normalized spacial score (nSPS) is 26.6. The fourth-order valence-corrected chi connectivity index (χ4v) is 5.14. The van der Waals surface area contributed by atoms with Crippen molar-refractivity contribution in [3.63, 3.8) is 0 Å². The molecule has 12 heteroatoms. The van der Waals surface area contributed by atoms with E-state index >= 15 is 0 Å². The number of halogens is 1. The van der Waals surface area contributed by atoms with Crippen LogP contribution in [0, 0.1) is 0 Å². The summed E-state index contributed by atoms with van der Waals surface area (Å²) in [4.78, 5) is 12.5. The fourth-order valence-electron chi connectivity index (χ4n) is 2.64. The summed E-state index contributed by atoms with van der Waals surface area (Å²) >= 11 is 6.95. The Morgan fingerprint density at radius 2 is 2.11 bits per heavy atom. The maximum Gasteiger partial charge on any atom is 0.447 e. The first-order valence-corrected chi connectivity index (χ1v) is 10.5. The van der Waals surface area contributed by atoms with Gasteiger partial charge in [0.05, 0.1) is 4.91 Å². The van der Waals surface area contributed by atoms with Crippen LogP contribution in [0.15, 0.2) is 43.8 Å². The monoisotopic (exact) mass is 441 g/mol. The van der Waals surface area contributed by atoms with Crippen LogP contribution >= 0.6 is 23.4 Å². The number of amidine groups is 1. The molecule has 1 atom stereocenters. The zero-order chi connectivity index (χ0) is 20.1. The van der Waals surface area contributed by atoms with E-state index in [2.05, 4.69) is 14.8 Å². The molecule has 3 aliphatic rings. The minimum Gasteiger partial charge on any atom is -0.454 e. The maximum atomic E-state index is 12.7. The highest BCUT2D eigenvalue weighted by Crippen LogP contribution is 2.36. The van der Waals surface area contributed by atoms with Crippen LogP contribution in [0.1, 0.15) is 12.5 Å². The van der Waals surface area contributed by atoms with Gasteiger partial charge in [-0.3, -0.25) is 10.1 Å². The summed E-state index contributed by atoms with van der Waals surface area (Å²) in [5, 5.41) is 6.40. The Morgan fingerprint density at radius 1 is 1.36 bits per heavy atom.